The summed E-state index contributed by atoms with van der Waals surface area (Å²) in [6, 6.07) is 9.09. The Bertz CT molecular complexity index is 346. The average Bonchev–Trinajstić information content (AvgIpc) is 3.00. The molecular weight excluding hydrogens is 230 g/mol. The third-order valence-corrected chi connectivity index (χ3v) is 3.49. The Kier molecular flexibility index (Phi) is 4.62. The summed E-state index contributed by atoms with van der Waals surface area (Å²) in [5.74, 6) is 0.900. The molecule has 1 atom stereocenters. The monoisotopic (exact) mass is 253 g/mol. The molecule has 0 aromatic heterocycles. The van der Waals surface area contributed by atoms with E-state index < -0.39 is 0 Å². The van der Waals surface area contributed by atoms with Crippen LogP contribution in [0.5, 0.6) is 0 Å². The molecule has 96 valence electrons. The Morgan fingerprint density at radius 3 is 2.12 bits per heavy atom. The normalized spacial score (nSPS) is 17.4. The highest BCUT2D eigenvalue weighted by Crippen LogP contribution is 2.37. The summed E-state index contributed by atoms with van der Waals surface area (Å²) >= 11 is 0. The Labute approximate surface area is 111 Å². The van der Waals surface area contributed by atoms with Crippen molar-refractivity contribution in [1.82, 2.24) is 0 Å². The lowest BCUT2D eigenvalue weighted by molar-refractivity contribution is 0.582. The number of nitrogens with two attached hydrogens (primary N) is 1. The quantitative estimate of drug-likeness (QED) is 0.858. The Hall–Kier alpha value is -0.530. The van der Waals surface area contributed by atoms with Crippen molar-refractivity contribution < 1.29 is 0 Å². The maximum absolute atomic E-state index is 6.20. The lowest BCUT2D eigenvalue weighted by Crippen LogP contribution is -2.13. The van der Waals surface area contributed by atoms with Gasteiger partial charge in [-0.05, 0) is 28.9 Å². The Balaban J connectivity index is 0.00000144. The number of benzene rings is 1. The fraction of sp³-hybridized carbons (Fsp3) is 0.600. The van der Waals surface area contributed by atoms with Gasteiger partial charge in [-0.25, -0.2) is 0 Å². The average molecular weight is 254 g/mol. The zero-order valence-corrected chi connectivity index (χ0v) is 11.9. The first-order valence-electron chi connectivity index (χ1n) is 6.33. The molecule has 17 heavy (non-hydrogen) atoms. The van der Waals surface area contributed by atoms with Crippen LogP contribution in [-0.4, -0.2) is 0 Å². The molecular formula is C15H24ClN. The second-order valence-electron chi connectivity index (χ2n) is 6.16. The molecule has 2 heteroatoms. The van der Waals surface area contributed by atoms with Crippen molar-refractivity contribution in [3.05, 3.63) is 35.4 Å². The van der Waals surface area contributed by atoms with Gasteiger partial charge in [0.05, 0.1) is 0 Å². The van der Waals surface area contributed by atoms with E-state index >= 15 is 0 Å². The molecule has 1 nitrogen and oxygen atoms in total. The maximum Gasteiger partial charge on any atom is 0.0297 e. The third kappa shape index (κ3) is 4.01. The molecule has 0 radical (unpaired) electrons. The predicted molar refractivity (Wildman–Crippen MR) is 76.7 cm³/mol. The van der Waals surface area contributed by atoms with Gasteiger partial charge in [-0.2, -0.15) is 0 Å². The Morgan fingerprint density at radius 1 is 1.18 bits per heavy atom. The summed E-state index contributed by atoms with van der Waals surface area (Å²) in [4.78, 5) is 0. The highest BCUT2D eigenvalue weighted by Gasteiger charge is 2.24. The molecule has 0 bridgehead atoms. The molecule has 2 rings (SSSR count). The molecule has 2 N–H and O–H groups in total. The SMILES string of the molecule is CC(C)(C)c1ccc([C@@H](N)CC2CC2)cc1.Cl. The van der Waals surface area contributed by atoms with Crippen LogP contribution in [0.3, 0.4) is 0 Å². The molecule has 1 aromatic carbocycles. The minimum absolute atomic E-state index is 0. The van der Waals surface area contributed by atoms with Crippen molar-refractivity contribution in [2.75, 3.05) is 0 Å². The molecule has 0 saturated heterocycles. The van der Waals surface area contributed by atoms with Crippen LogP contribution >= 0.6 is 12.4 Å². The summed E-state index contributed by atoms with van der Waals surface area (Å²) in [6.07, 6.45) is 3.93. The fourth-order valence-corrected chi connectivity index (χ4v) is 2.08. The van der Waals surface area contributed by atoms with Gasteiger partial charge in [0.15, 0.2) is 0 Å². The van der Waals surface area contributed by atoms with Crippen molar-refractivity contribution in [3.8, 4) is 0 Å². The summed E-state index contributed by atoms with van der Waals surface area (Å²) in [5.41, 5.74) is 9.11. The lowest BCUT2D eigenvalue weighted by Gasteiger charge is -2.20. The van der Waals surface area contributed by atoms with E-state index in [-0.39, 0.29) is 23.9 Å². The number of halogens is 1. The molecule has 1 aromatic rings. The standard InChI is InChI=1S/C15H23N.ClH/c1-15(2,3)13-8-6-12(7-9-13)14(16)10-11-4-5-11;/h6-9,11,14H,4-5,10,16H2,1-3H3;1H/t14-;/m0./s1. The van der Waals surface area contributed by atoms with Gasteiger partial charge >= 0.3 is 0 Å². The van der Waals surface area contributed by atoms with Gasteiger partial charge < -0.3 is 5.73 Å². The third-order valence-electron chi connectivity index (χ3n) is 3.49. The van der Waals surface area contributed by atoms with Crippen molar-refractivity contribution in [2.45, 2.75) is 51.5 Å². The second-order valence-corrected chi connectivity index (χ2v) is 6.16. The molecule has 1 fully saturated rings. The van der Waals surface area contributed by atoms with E-state index in [0.717, 1.165) is 12.3 Å². The minimum Gasteiger partial charge on any atom is -0.324 e. The molecule has 1 aliphatic rings. The van der Waals surface area contributed by atoms with E-state index in [1.54, 1.807) is 0 Å². The molecule has 0 aliphatic heterocycles. The smallest absolute Gasteiger partial charge is 0.0297 e. The van der Waals surface area contributed by atoms with E-state index in [1.165, 1.54) is 24.0 Å². The van der Waals surface area contributed by atoms with Crippen LogP contribution in [-0.2, 0) is 5.41 Å². The van der Waals surface area contributed by atoms with Crippen LogP contribution in [0.2, 0.25) is 0 Å². The van der Waals surface area contributed by atoms with Gasteiger partial charge in [0.1, 0.15) is 0 Å². The summed E-state index contributed by atoms with van der Waals surface area (Å²) in [7, 11) is 0. The van der Waals surface area contributed by atoms with E-state index in [1.807, 2.05) is 0 Å². The summed E-state index contributed by atoms with van der Waals surface area (Å²) < 4.78 is 0. The van der Waals surface area contributed by atoms with E-state index in [4.69, 9.17) is 5.73 Å². The van der Waals surface area contributed by atoms with Gasteiger partial charge in [0, 0.05) is 6.04 Å². The molecule has 0 amide bonds. The first-order chi connectivity index (χ1) is 7.47. The topological polar surface area (TPSA) is 26.0 Å². The van der Waals surface area contributed by atoms with E-state index in [9.17, 15) is 0 Å². The summed E-state index contributed by atoms with van der Waals surface area (Å²) in [5, 5.41) is 0. The van der Waals surface area contributed by atoms with Gasteiger partial charge in [-0.3, -0.25) is 0 Å². The van der Waals surface area contributed by atoms with E-state index in [0.29, 0.717) is 0 Å². The zero-order valence-electron chi connectivity index (χ0n) is 11.1. The van der Waals surface area contributed by atoms with Gasteiger partial charge in [0.25, 0.3) is 0 Å². The molecule has 0 spiro atoms. The number of hydrogen-bond donors (Lipinski definition) is 1. The van der Waals surface area contributed by atoms with Crippen LogP contribution in [0.15, 0.2) is 24.3 Å². The van der Waals surface area contributed by atoms with E-state index in [2.05, 4.69) is 45.0 Å². The second kappa shape index (κ2) is 5.41. The van der Waals surface area contributed by atoms with Crippen molar-refractivity contribution in [2.24, 2.45) is 11.7 Å². The molecule has 0 heterocycles. The largest absolute Gasteiger partial charge is 0.324 e. The first-order valence-corrected chi connectivity index (χ1v) is 6.33. The van der Waals surface area contributed by atoms with Gasteiger partial charge in [-0.1, -0.05) is 57.9 Å². The van der Waals surface area contributed by atoms with Crippen LogP contribution in [0.4, 0.5) is 0 Å². The highest BCUT2D eigenvalue weighted by molar-refractivity contribution is 5.85. The Morgan fingerprint density at radius 2 is 1.71 bits per heavy atom. The van der Waals surface area contributed by atoms with Crippen molar-refractivity contribution >= 4 is 12.4 Å². The van der Waals surface area contributed by atoms with Crippen LogP contribution in [0, 0.1) is 5.92 Å². The summed E-state index contributed by atoms with van der Waals surface area (Å²) in [6.45, 7) is 6.73. The first kappa shape index (κ1) is 14.5. The van der Waals surface area contributed by atoms with Gasteiger partial charge in [-0.15, -0.1) is 12.4 Å². The van der Waals surface area contributed by atoms with Crippen LogP contribution in [0.1, 0.15) is 57.2 Å². The van der Waals surface area contributed by atoms with Crippen LogP contribution in [0.25, 0.3) is 0 Å². The number of hydrogen-bond acceptors (Lipinski definition) is 1. The lowest BCUT2D eigenvalue weighted by atomic mass is 9.86. The van der Waals surface area contributed by atoms with Crippen molar-refractivity contribution in [1.29, 1.82) is 0 Å². The molecule has 1 saturated carbocycles. The zero-order chi connectivity index (χ0) is 11.8. The molecule has 1 aliphatic carbocycles. The number of rotatable bonds is 3. The maximum atomic E-state index is 6.20. The highest BCUT2D eigenvalue weighted by atomic mass is 35.5. The van der Waals surface area contributed by atoms with Crippen LogP contribution < -0.4 is 5.73 Å². The van der Waals surface area contributed by atoms with Gasteiger partial charge in [0.2, 0.25) is 0 Å². The predicted octanol–water partition coefficient (Wildman–Crippen LogP) is 4.21. The fourth-order valence-electron chi connectivity index (χ4n) is 2.08. The minimum atomic E-state index is 0. The molecule has 0 unspecified atom stereocenters. The van der Waals surface area contributed by atoms with Crippen molar-refractivity contribution in [3.63, 3.8) is 0 Å².